The Labute approximate surface area is 121 Å². The molecule has 0 amide bonds. The van der Waals surface area contributed by atoms with Crippen LogP contribution in [-0.4, -0.2) is 11.1 Å². The molecule has 3 rings (SSSR count). The van der Waals surface area contributed by atoms with Crippen molar-refractivity contribution in [2.75, 3.05) is 0 Å². The van der Waals surface area contributed by atoms with Gasteiger partial charge >= 0.3 is 5.97 Å². The van der Waals surface area contributed by atoms with Crippen LogP contribution in [0.4, 0.5) is 0 Å². The van der Waals surface area contributed by atoms with Crippen LogP contribution in [0.1, 0.15) is 74.5 Å². The molecule has 1 N–H and O–H groups in total. The van der Waals surface area contributed by atoms with Crippen molar-refractivity contribution in [2.24, 2.45) is 0 Å². The maximum Gasteiger partial charge on any atom is 0.313 e. The molecule has 1 aromatic rings. The van der Waals surface area contributed by atoms with Crippen molar-refractivity contribution >= 4 is 5.97 Å². The number of hydrogen-bond donors (Lipinski definition) is 1. The molecule has 1 saturated carbocycles. The molecule has 20 heavy (non-hydrogen) atoms. The predicted octanol–water partition coefficient (Wildman–Crippen LogP) is 4.41. The normalized spacial score (nSPS) is 27.1. The van der Waals surface area contributed by atoms with E-state index in [0.717, 1.165) is 24.8 Å². The topological polar surface area (TPSA) is 37.3 Å². The third-order valence-corrected chi connectivity index (χ3v) is 5.40. The average Bonchev–Trinajstić information content (AvgIpc) is 2.48. The summed E-state index contributed by atoms with van der Waals surface area (Å²) >= 11 is 0. The Kier molecular flexibility index (Phi) is 3.57. The van der Waals surface area contributed by atoms with Crippen LogP contribution in [0.25, 0.3) is 0 Å². The molecule has 2 heteroatoms. The Bertz CT molecular complexity index is 514. The molecule has 0 heterocycles. The van der Waals surface area contributed by atoms with Gasteiger partial charge in [-0.1, -0.05) is 37.5 Å². The molecular weight excluding hydrogens is 248 g/mol. The summed E-state index contributed by atoms with van der Waals surface area (Å²) in [6, 6.07) is 6.61. The van der Waals surface area contributed by atoms with Crippen LogP contribution in [0, 0.1) is 0 Å². The number of aliphatic carboxylic acids is 1. The first-order chi connectivity index (χ1) is 9.61. The molecule has 1 aromatic carbocycles. The summed E-state index contributed by atoms with van der Waals surface area (Å²) in [5.41, 5.74) is 3.09. The van der Waals surface area contributed by atoms with Gasteiger partial charge in [0.25, 0.3) is 0 Å². The molecule has 0 bridgehead atoms. The van der Waals surface area contributed by atoms with Gasteiger partial charge in [-0.15, -0.1) is 0 Å². The number of carboxylic acid groups (broad SMARTS) is 1. The average molecular weight is 272 g/mol. The fourth-order valence-corrected chi connectivity index (χ4v) is 4.04. The lowest BCUT2D eigenvalue weighted by Crippen LogP contribution is -2.36. The Morgan fingerprint density at radius 3 is 2.65 bits per heavy atom. The van der Waals surface area contributed by atoms with Gasteiger partial charge in [0.1, 0.15) is 0 Å². The number of aryl methyl sites for hydroxylation is 1. The smallest absolute Gasteiger partial charge is 0.313 e. The summed E-state index contributed by atoms with van der Waals surface area (Å²) in [5, 5.41) is 9.56. The fraction of sp³-hybridized carbons (Fsp3) is 0.611. The van der Waals surface area contributed by atoms with Crippen LogP contribution in [-0.2, 0) is 16.6 Å². The van der Waals surface area contributed by atoms with Crippen molar-refractivity contribution in [3.05, 3.63) is 34.9 Å². The van der Waals surface area contributed by atoms with E-state index in [1.807, 2.05) is 6.92 Å². The van der Waals surface area contributed by atoms with Crippen LogP contribution in [0.3, 0.4) is 0 Å². The second-order valence-corrected chi connectivity index (χ2v) is 6.74. The molecular formula is C18H24O2. The van der Waals surface area contributed by atoms with E-state index < -0.39 is 11.4 Å². The molecule has 0 spiro atoms. The van der Waals surface area contributed by atoms with E-state index in [-0.39, 0.29) is 0 Å². The van der Waals surface area contributed by atoms with Crippen LogP contribution in [0.15, 0.2) is 18.2 Å². The standard InChI is InChI=1S/C18H24O2/c1-18(17(19)20)11-5-8-15-12-14(9-10-16(15)18)13-6-3-2-4-7-13/h9-10,12-13H,2-8,11H2,1H3,(H,19,20). The SMILES string of the molecule is CC1(C(=O)O)CCCc2cc(C3CCCCC3)ccc21. The van der Waals surface area contributed by atoms with Gasteiger partial charge < -0.3 is 5.11 Å². The van der Waals surface area contributed by atoms with E-state index in [4.69, 9.17) is 0 Å². The molecule has 2 aliphatic carbocycles. The minimum Gasteiger partial charge on any atom is -0.481 e. The van der Waals surface area contributed by atoms with Gasteiger partial charge in [-0.05, 0) is 61.6 Å². The monoisotopic (exact) mass is 272 g/mol. The third-order valence-electron chi connectivity index (χ3n) is 5.40. The van der Waals surface area contributed by atoms with E-state index in [1.165, 1.54) is 43.2 Å². The summed E-state index contributed by atoms with van der Waals surface area (Å²) in [6.07, 6.45) is 9.45. The summed E-state index contributed by atoms with van der Waals surface area (Å²) in [4.78, 5) is 11.6. The van der Waals surface area contributed by atoms with Crippen molar-refractivity contribution in [1.82, 2.24) is 0 Å². The molecule has 1 atom stereocenters. The van der Waals surface area contributed by atoms with Gasteiger partial charge in [-0.2, -0.15) is 0 Å². The van der Waals surface area contributed by atoms with Crippen LogP contribution < -0.4 is 0 Å². The lowest BCUT2D eigenvalue weighted by atomic mass is 9.70. The van der Waals surface area contributed by atoms with Crippen LogP contribution in [0.5, 0.6) is 0 Å². The number of carbonyl (C=O) groups is 1. The molecule has 2 aliphatic rings. The van der Waals surface area contributed by atoms with Crippen molar-refractivity contribution < 1.29 is 9.90 Å². The largest absolute Gasteiger partial charge is 0.481 e. The number of rotatable bonds is 2. The molecule has 0 saturated heterocycles. The molecule has 0 aromatic heterocycles. The molecule has 2 nitrogen and oxygen atoms in total. The quantitative estimate of drug-likeness (QED) is 0.865. The zero-order valence-corrected chi connectivity index (χ0v) is 12.3. The van der Waals surface area contributed by atoms with Crippen LogP contribution >= 0.6 is 0 Å². The van der Waals surface area contributed by atoms with Crippen molar-refractivity contribution in [3.63, 3.8) is 0 Å². The zero-order chi connectivity index (χ0) is 14.2. The Morgan fingerprint density at radius 2 is 1.95 bits per heavy atom. The van der Waals surface area contributed by atoms with Crippen molar-refractivity contribution in [2.45, 2.75) is 69.6 Å². The summed E-state index contributed by atoms with van der Waals surface area (Å²) in [5.74, 6) is 0.0240. The maximum absolute atomic E-state index is 11.6. The van der Waals surface area contributed by atoms with Crippen molar-refractivity contribution in [3.8, 4) is 0 Å². The van der Waals surface area contributed by atoms with Gasteiger partial charge in [0, 0.05) is 0 Å². The highest BCUT2D eigenvalue weighted by atomic mass is 16.4. The lowest BCUT2D eigenvalue weighted by molar-refractivity contribution is -0.143. The summed E-state index contributed by atoms with van der Waals surface area (Å²) in [7, 11) is 0. The van der Waals surface area contributed by atoms with E-state index in [9.17, 15) is 9.90 Å². The van der Waals surface area contributed by atoms with E-state index in [2.05, 4.69) is 18.2 Å². The molecule has 108 valence electrons. The highest BCUT2D eigenvalue weighted by Gasteiger charge is 2.39. The number of fused-ring (bicyclic) bond motifs is 1. The van der Waals surface area contributed by atoms with Gasteiger partial charge in [0.15, 0.2) is 0 Å². The van der Waals surface area contributed by atoms with E-state index >= 15 is 0 Å². The first-order valence-corrected chi connectivity index (χ1v) is 7.98. The number of hydrogen-bond acceptors (Lipinski definition) is 1. The van der Waals surface area contributed by atoms with Gasteiger partial charge in [0.2, 0.25) is 0 Å². The van der Waals surface area contributed by atoms with E-state index in [1.54, 1.807) is 0 Å². The van der Waals surface area contributed by atoms with E-state index in [0.29, 0.717) is 5.92 Å². The third kappa shape index (κ3) is 2.25. The van der Waals surface area contributed by atoms with Gasteiger partial charge in [-0.3, -0.25) is 4.79 Å². The minimum atomic E-state index is -0.682. The number of carboxylic acids is 1. The van der Waals surface area contributed by atoms with Gasteiger partial charge in [-0.25, -0.2) is 0 Å². The zero-order valence-electron chi connectivity index (χ0n) is 12.3. The molecule has 1 unspecified atom stereocenters. The highest BCUT2D eigenvalue weighted by Crippen LogP contribution is 2.40. The van der Waals surface area contributed by atoms with Crippen LogP contribution in [0.2, 0.25) is 0 Å². The predicted molar refractivity (Wildman–Crippen MR) is 80.2 cm³/mol. The second-order valence-electron chi connectivity index (χ2n) is 6.74. The minimum absolute atomic E-state index is 0.677. The van der Waals surface area contributed by atoms with Gasteiger partial charge in [0.05, 0.1) is 5.41 Å². The van der Waals surface area contributed by atoms with Crippen molar-refractivity contribution in [1.29, 1.82) is 0 Å². The molecule has 0 radical (unpaired) electrons. The summed E-state index contributed by atoms with van der Waals surface area (Å²) < 4.78 is 0. The second kappa shape index (κ2) is 5.23. The Hall–Kier alpha value is -1.31. The first-order valence-electron chi connectivity index (χ1n) is 7.98. The highest BCUT2D eigenvalue weighted by molar-refractivity contribution is 5.81. The maximum atomic E-state index is 11.6. The molecule has 0 aliphatic heterocycles. The lowest BCUT2D eigenvalue weighted by Gasteiger charge is -2.33. The fourth-order valence-electron chi connectivity index (χ4n) is 4.04. The summed E-state index contributed by atoms with van der Waals surface area (Å²) in [6.45, 7) is 1.88. The Morgan fingerprint density at radius 1 is 1.20 bits per heavy atom. The first kappa shape index (κ1) is 13.7. The number of benzene rings is 1. The molecule has 1 fully saturated rings. The Balaban J connectivity index is 1.94.